The van der Waals surface area contributed by atoms with Gasteiger partial charge in [-0.2, -0.15) is 0 Å². The molecule has 0 aliphatic carbocycles. The topological polar surface area (TPSA) is 75.7 Å². The Morgan fingerprint density at radius 3 is 2.28 bits per heavy atom. The van der Waals surface area contributed by atoms with Crippen molar-refractivity contribution in [2.24, 2.45) is 0 Å². The van der Waals surface area contributed by atoms with Crippen LogP contribution < -0.4 is 14.4 Å². The Labute approximate surface area is 188 Å². The number of Topliss-reactive ketones (excluding diaryl/α,β-unsaturated/α-hetero) is 1. The minimum absolute atomic E-state index is 0.142. The molecule has 0 bridgehead atoms. The van der Waals surface area contributed by atoms with Gasteiger partial charge < -0.3 is 10.1 Å². The van der Waals surface area contributed by atoms with E-state index in [4.69, 9.17) is 4.74 Å². The number of hydrogen-bond acceptors (Lipinski definition) is 5. The van der Waals surface area contributed by atoms with Crippen molar-refractivity contribution in [2.75, 3.05) is 11.4 Å². The van der Waals surface area contributed by atoms with Crippen molar-refractivity contribution in [1.29, 1.82) is 0 Å². The maximum atomic E-state index is 13.5. The number of carbonyl (C=O) groups excluding carboxylic acids is 1. The average Bonchev–Trinajstić information content (AvgIpc) is 2.80. The lowest BCUT2D eigenvalue weighted by atomic mass is 10.1. The molecular formula is C25H24N2O4S. The molecule has 0 radical (unpaired) electrons. The molecule has 1 heterocycles. The molecular weight excluding hydrogens is 424 g/mol. The fraction of sp³-hybridized carbons (Fsp3) is 0.160. The summed E-state index contributed by atoms with van der Waals surface area (Å²) in [5.74, 6) is 0.225. The molecule has 1 N–H and O–H groups in total. The van der Waals surface area contributed by atoms with E-state index in [0.29, 0.717) is 17.8 Å². The molecule has 0 saturated heterocycles. The first-order chi connectivity index (χ1) is 15.4. The third kappa shape index (κ3) is 4.24. The third-order valence-electron chi connectivity index (χ3n) is 5.35. The van der Waals surface area contributed by atoms with E-state index < -0.39 is 15.8 Å². The molecule has 1 aliphatic heterocycles. The van der Waals surface area contributed by atoms with E-state index in [2.05, 4.69) is 5.32 Å². The van der Waals surface area contributed by atoms with Crippen LogP contribution in [0.25, 0.3) is 0 Å². The van der Waals surface area contributed by atoms with Crippen LogP contribution in [0.1, 0.15) is 27.0 Å². The Kier molecular flexibility index (Phi) is 6.01. The molecule has 0 unspecified atom stereocenters. The summed E-state index contributed by atoms with van der Waals surface area (Å²) in [7, 11) is -2.44. The van der Waals surface area contributed by atoms with Crippen molar-refractivity contribution in [3.05, 3.63) is 106 Å². The second kappa shape index (κ2) is 8.88. The Bertz CT molecular complexity index is 1260. The highest BCUT2D eigenvalue weighted by Crippen LogP contribution is 2.36. The highest BCUT2D eigenvalue weighted by molar-refractivity contribution is 7.97. The number of nitrogens with zero attached hydrogens (tertiary/aromatic N) is 1. The minimum atomic E-state index is -4.04. The summed E-state index contributed by atoms with van der Waals surface area (Å²) in [6.07, 6.45) is 1.31. The van der Waals surface area contributed by atoms with Gasteiger partial charge in [0.1, 0.15) is 5.75 Å². The first-order valence-corrected chi connectivity index (χ1v) is 11.6. The zero-order valence-corrected chi connectivity index (χ0v) is 18.7. The fourth-order valence-corrected chi connectivity index (χ4v) is 5.11. The second-order valence-electron chi connectivity index (χ2n) is 7.58. The predicted octanol–water partition coefficient (Wildman–Crippen LogP) is 4.17. The van der Waals surface area contributed by atoms with Gasteiger partial charge in [-0.05, 0) is 42.3 Å². The first kappa shape index (κ1) is 21.6. The number of carbonyl (C=O) groups is 1. The quantitative estimate of drug-likeness (QED) is 0.573. The highest BCUT2D eigenvalue weighted by Gasteiger charge is 2.39. The van der Waals surface area contributed by atoms with Gasteiger partial charge in [0.05, 0.1) is 19.3 Å². The van der Waals surface area contributed by atoms with Crippen LogP contribution in [0, 0.1) is 6.92 Å². The van der Waals surface area contributed by atoms with E-state index in [1.165, 1.54) is 10.5 Å². The number of sulfonamides is 1. The lowest BCUT2D eigenvalue weighted by Crippen LogP contribution is -2.39. The van der Waals surface area contributed by atoms with Gasteiger partial charge >= 0.3 is 0 Å². The number of methoxy groups -OCH3 is 1. The van der Waals surface area contributed by atoms with Crippen LogP contribution in [0.2, 0.25) is 0 Å². The number of ether oxygens (including phenoxy) is 1. The van der Waals surface area contributed by atoms with Gasteiger partial charge in [0.25, 0.3) is 10.0 Å². The van der Waals surface area contributed by atoms with E-state index in [1.54, 1.807) is 31.4 Å². The molecule has 7 heteroatoms. The number of allylic oxidation sites excluding steroid dienone is 1. The number of fused-ring (bicyclic) bond motifs is 1. The van der Waals surface area contributed by atoms with Crippen molar-refractivity contribution >= 4 is 21.5 Å². The van der Waals surface area contributed by atoms with Crippen LogP contribution in [0.4, 0.5) is 5.69 Å². The van der Waals surface area contributed by atoms with Crippen LogP contribution in [0.5, 0.6) is 5.75 Å². The van der Waals surface area contributed by atoms with Crippen LogP contribution in [-0.4, -0.2) is 21.3 Å². The molecule has 0 fully saturated rings. The third-order valence-corrected chi connectivity index (χ3v) is 7.12. The van der Waals surface area contributed by atoms with Gasteiger partial charge in [-0.15, -0.1) is 0 Å². The van der Waals surface area contributed by atoms with E-state index in [9.17, 15) is 13.2 Å². The van der Waals surface area contributed by atoms with Crippen LogP contribution >= 0.6 is 0 Å². The summed E-state index contributed by atoms with van der Waals surface area (Å²) < 4.78 is 33.4. The Morgan fingerprint density at radius 2 is 1.59 bits per heavy atom. The van der Waals surface area contributed by atoms with E-state index >= 15 is 0 Å². The van der Waals surface area contributed by atoms with Gasteiger partial charge in [-0.25, -0.2) is 8.42 Å². The SMILES string of the molecule is COc1ccc(CN/C=C2\C(=O)c3ccccc3N(Cc3ccc(C)cc3)S2(=O)=O)cc1. The number of rotatable bonds is 6. The van der Waals surface area contributed by atoms with E-state index in [1.807, 2.05) is 55.5 Å². The molecule has 0 aromatic heterocycles. The Morgan fingerprint density at radius 1 is 0.938 bits per heavy atom. The Balaban J connectivity index is 1.65. The summed E-state index contributed by atoms with van der Waals surface area (Å²) in [5.41, 5.74) is 3.63. The molecule has 0 saturated carbocycles. The molecule has 1 aliphatic rings. The lowest BCUT2D eigenvalue weighted by molar-refractivity contribution is 0.104. The molecule has 0 amide bonds. The summed E-state index contributed by atoms with van der Waals surface area (Å²) in [6.45, 7) is 2.49. The first-order valence-electron chi connectivity index (χ1n) is 10.2. The van der Waals surface area contributed by atoms with Crippen LogP contribution in [0.3, 0.4) is 0 Å². The number of para-hydroxylation sites is 1. The number of benzene rings is 3. The molecule has 32 heavy (non-hydrogen) atoms. The van der Waals surface area contributed by atoms with Crippen molar-refractivity contribution in [1.82, 2.24) is 5.32 Å². The average molecular weight is 449 g/mol. The van der Waals surface area contributed by atoms with Crippen molar-refractivity contribution in [3.63, 3.8) is 0 Å². The standard InChI is InChI=1S/C25H24N2O4S/c1-18-7-9-20(10-8-18)17-27-23-6-4-3-5-22(23)25(28)24(32(27,29)30)16-26-15-19-11-13-21(31-2)14-12-19/h3-14,16,26H,15,17H2,1-2H3/b24-16+. The zero-order valence-electron chi connectivity index (χ0n) is 17.9. The monoisotopic (exact) mass is 448 g/mol. The van der Waals surface area contributed by atoms with E-state index in [-0.39, 0.29) is 11.4 Å². The summed E-state index contributed by atoms with van der Waals surface area (Å²) in [4.78, 5) is 12.8. The molecule has 0 atom stereocenters. The molecule has 164 valence electrons. The van der Waals surface area contributed by atoms with Crippen LogP contribution in [0.15, 0.2) is 83.9 Å². The fourth-order valence-electron chi connectivity index (χ4n) is 3.56. The van der Waals surface area contributed by atoms with Crippen molar-refractivity contribution in [3.8, 4) is 5.75 Å². The number of aryl methyl sites for hydroxylation is 1. The number of ketones is 1. The number of nitrogens with one attached hydrogen (secondary N) is 1. The summed E-state index contributed by atoms with van der Waals surface area (Å²) in [6, 6.07) is 21.9. The van der Waals surface area contributed by atoms with Gasteiger partial charge in [-0.3, -0.25) is 9.10 Å². The van der Waals surface area contributed by atoms with Gasteiger partial charge in [0.15, 0.2) is 4.91 Å². The molecule has 4 rings (SSSR count). The zero-order chi connectivity index (χ0) is 22.7. The lowest BCUT2D eigenvalue weighted by Gasteiger charge is -2.31. The minimum Gasteiger partial charge on any atom is -0.497 e. The predicted molar refractivity (Wildman–Crippen MR) is 125 cm³/mol. The largest absolute Gasteiger partial charge is 0.497 e. The highest BCUT2D eigenvalue weighted by atomic mass is 32.2. The van der Waals surface area contributed by atoms with Crippen LogP contribution in [-0.2, 0) is 23.1 Å². The Hall–Kier alpha value is -3.58. The molecule has 0 spiro atoms. The van der Waals surface area contributed by atoms with Crippen molar-refractivity contribution < 1.29 is 17.9 Å². The summed E-state index contributed by atoms with van der Waals surface area (Å²) >= 11 is 0. The number of hydrogen-bond donors (Lipinski definition) is 1. The normalized spacial score (nSPS) is 16.0. The van der Waals surface area contributed by atoms with Gasteiger partial charge in [0.2, 0.25) is 5.78 Å². The maximum Gasteiger partial charge on any atom is 0.270 e. The van der Waals surface area contributed by atoms with Gasteiger partial charge in [0, 0.05) is 18.3 Å². The smallest absolute Gasteiger partial charge is 0.270 e. The maximum absolute atomic E-state index is 13.5. The molecule has 3 aromatic carbocycles. The summed E-state index contributed by atoms with van der Waals surface area (Å²) in [5, 5.41) is 2.99. The van der Waals surface area contributed by atoms with Gasteiger partial charge in [-0.1, -0.05) is 54.1 Å². The molecule has 3 aromatic rings. The number of anilines is 1. The van der Waals surface area contributed by atoms with Crippen molar-refractivity contribution in [2.45, 2.75) is 20.0 Å². The van der Waals surface area contributed by atoms with E-state index in [0.717, 1.165) is 22.4 Å². The molecule has 6 nitrogen and oxygen atoms in total. The second-order valence-corrected chi connectivity index (χ2v) is 9.41.